The van der Waals surface area contributed by atoms with E-state index < -0.39 is 5.82 Å². The van der Waals surface area contributed by atoms with Crippen LogP contribution in [0.1, 0.15) is 5.56 Å². The summed E-state index contributed by atoms with van der Waals surface area (Å²) in [5, 5.41) is 12.6. The molecular weight excluding hydrogens is 241 g/mol. The summed E-state index contributed by atoms with van der Waals surface area (Å²) in [5.74, 6) is -0.196. The first-order valence-electron chi connectivity index (χ1n) is 5.12. The predicted octanol–water partition coefficient (Wildman–Crippen LogP) is 3.80. The minimum absolute atomic E-state index is 0.195. The van der Waals surface area contributed by atoms with Crippen LogP contribution in [0.3, 0.4) is 0 Å². The number of nitrogens with one attached hydrogen (secondary N) is 1. The van der Waals surface area contributed by atoms with E-state index in [1.807, 2.05) is 6.07 Å². The fourth-order valence-corrected chi connectivity index (χ4v) is 1.66. The lowest BCUT2D eigenvalue weighted by atomic mass is 10.2. The Kier molecular flexibility index (Phi) is 3.49. The van der Waals surface area contributed by atoms with Crippen molar-refractivity contribution in [2.45, 2.75) is 6.54 Å². The molecule has 0 aliphatic carbocycles. The van der Waals surface area contributed by atoms with Crippen LogP contribution in [-0.2, 0) is 6.54 Å². The fraction of sp³-hybridized carbons (Fsp3) is 0.0769. The summed E-state index contributed by atoms with van der Waals surface area (Å²) < 4.78 is 13.4. The molecule has 4 heteroatoms. The molecule has 0 saturated heterocycles. The molecule has 0 aromatic heterocycles. The number of benzene rings is 2. The quantitative estimate of drug-likeness (QED) is 0.870. The first-order valence-corrected chi connectivity index (χ1v) is 5.50. The smallest absolute Gasteiger partial charge is 0.147 e. The number of aromatic hydroxyl groups is 1. The van der Waals surface area contributed by atoms with Gasteiger partial charge in [0, 0.05) is 11.6 Å². The van der Waals surface area contributed by atoms with Gasteiger partial charge in [0.1, 0.15) is 11.6 Å². The number of phenols is 1. The van der Waals surface area contributed by atoms with Gasteiger partial charge in [-0.15, -0.1) is 0 Å². The van der Waals surface area contributed by atoms with E-state index in [2.05, 4.69) is 5.32 Å². The molecule has 2 aromatic carbocycles. The molecule has 17 heavy (non-hydrogen) atoms. The average molecular weight is 252 g/mol. The highest BCUT2D eigenvalue weighted by Crippen LogP contribution is 2.20. The van der Waals surface area contributed by atoms with Crippen LogP contribution >= 0.6 is 11.6 Å². The van der Waals surface area contributed by atoms with Crippen LogP contribution in [0.5, 0.6) is 5.75 Å². The zero-order valence-electron chi connectivity index (χ0n) is 8.95. The van der Waals surface area contributed by atoms with Crippen molar-refractivity contribution < 1.29 is 9.50 Å². The Hall–Kier alpha value is -1.74. The topological polar surface area (TPSA) is 32.3 Å². The van der Waals surface area contributed by atoms with Crippen LogP contribution in [0, 0.1) is 5.82 Å². The van der Waals surface area contributed by atoms with E-state index in [9.17, 15) is 9.50 Å². The average Bonchev–Trinajstić information content (AvgIpc) is 2.28. The van der Waals surface area contributed by atoms with Crippen molar-refractivity contribution in [3.05, 3.63) is 58.9 Å². The maximum atomic E-state index is 13.4. The predicted molar refractivity (Wildman–Crippen MR) is 66.8 cm³/mol. The molecule has 0 unspecified atom stereocenters. The highest BCUT2D eigenvalue weighted by molar-refractivity contribution is 6.30. The molecule has 0 spiro atoms. The lowest BCUT2D eigenvalue weighted by Crippen LogP contribution is -2.01. The number of halogens is 2. The van der Waals surface area contributed by atoms with Gasteiger partial charge in [-0.2, -0.15) is 0 Å². The number of anilines is 1. The van der Waals surface area contributed by atoms with Gasteiger partial charge in [-0.25, -0.2) is 4.39 Å². The van der Waals surface area contributed by atoms with Crippen molar-refractivity contribution in [1.29, 1.82) is 0 Å². The Morgan fingerprint density at radius 1 is 1.18 bits per heavy atom. The number of hydrogen-bond donors (Lipinski definition) is 2. The molecule has 0 aliphatic rings. The maximum Gasteiger partial charge on any atom is 0.147 e. The van der Waals surface area contributed by atoms with Crippen LogP contribution < -0.4 is 5.32 Å². The molecule has 88 valence electrons. The summed E-state index contributed by atoms with van der Waals surface area (Å²) in [6.45, 7) is 0.437. The van der Waals surface area contributed by atoms with E-state index in [1.54, 1.807) is 30.3 Å². The van der Waals surface area contributed by atoms with Crippen molar-refractivity contribution in [1.82, 2.24) is 0 Å². The van der Waals surface area contributed by atoms with Gasteiger partial charge in [0.15, 0.2) is 0 Å². The van der Waals surface area contributed by atoms with Crippen LogP contribution in [0.2, 0.25) is 5.02 Å². The number of hydrogen-bond acceptors (Lipinski definition) is 2. The molecule has 0 bridgehead atoms. The highest BCUT2D eigenvalue weighted by Gasteiger charge is 2.02. The number of rotatable bonds is 3. The molecule has 0 fully saturated rings. The van der Waals surface area contributed by atoms with Crippen LogP contribution in [-0.4, -0.2) is 5.11 Å². The Balaban J connectivity index is 2.07. The van der Waals surface area contributed by atoms with E-state index in [0.717, 1.165) is 5.56 Å². The van der Waals surface area contributed by atoms with Crippen molar-refractivity contribution >= 4 is 17.3 Å². The summed E-state index contributed by atoms with van der Waals surface area (Å²) in [7, 11) is 0. The standard InChI is InChI=1S/C13H11ClFNO/c14-10-4-5-13(12(15)7-10)16-8-9-2-1-3-11(17)6-9/h1-7,16-17H,8H2. The third kappa shape index (κ3) is 3.11. The largest absolute Gasteiger partial charge is 0.508 e. The van der Waals surface area contributed by atoms with Gasteiger partial charge in [0.2, 0.25) is 0 Å². The Labute approximate surface area is 104 Å². The molecular formula is C13H11ClFNO. The second-order valence-corrected chi connectivity index (χ2v) is 4.08. The molecule has 0 aliphatic heterocycles. The summed E-state index contributed by atoms with van der Waals surface area (Å²) in [6.07, 6.45) is 0. The highest BCUT2D eigenvalue weighted by atomic mass is 35.5. The number of phenolic OH excluding ortho intramolecular Hbond substituents is 1. The van der Waals surface area contributed by atoms with Gasteiger partial charge >= 0.3 is 0 Å². The third-order valence-electron chi connectivity index (χ3n) is 2.32. The Bertz CT molecular complexity index is 531. The molecule has 0 atom stereocenters. The molecule has 0 radical (unpaired) electrons. The van der Waals surface area contributed by atoms with Gasteiger partial charge < -0.3 is 10.4 Å². The summed E-state index contributed by atoms with van der Waals surface area (Å²) in [4.78, 5) is 0. The lowest BCUT2D eigenvalue weighted by molar-refractivity contribution is 0.474. The first kappa shape index (κ1) is 11.7. The van der Waals surface area contributed by atoms with Crippen LogP contribution in [0.25, 0.3) is 0 Å². The molecule has 0 heterocycles. The molecule has 0 saturated carbocycles. The van der Waals surface area contributed by atoms with Gasteiger partial charge in [0.05, 0.1) is 5.69 Å². The minimum Gasteiger partial charge on any atom is -0.508 e. The summed E-state index contributed by atoms with van der Waals surface area (Å²) in [5.41, 5.74) is 1.26. The SMILES string of the molecule is Oc1cccc(CNc2ccc(Cl)cc2F)c1. The van der Waals surface area contributed by atoms with Gasteiger partial charge in [-0.1, -0.05) is 23.7 Å². The second-order valence-electron chi connectivity index (χ2n) is 3.65. The normalized spacial score (nSPS) is 10.2. The van der Waals surface area contributed by atoms with E-state index in [0.29, 0.717) is 17.3 Å². The van der Waals surface area contributed by atoms with Gasteiger partial charge in [-0.05, 0) is 35.9 Å². The minimum atomic E-state index is -0.391. The Morgan fingerprint density at radius 3 is 2.71 bits per heavy atom. The zero-order chi connectivity index (χ0) is 12.3. The van der Waals surface area contributed by atoms with Gasteiger partial charge in [0.25, 0.3) is 0 Å². The molecule has 0 amide bonds. The van der Waals surface area contributed by atoms with Crippen molar-refractivity contribution in [3.63, 3.8) is 0 Å². The van der Waals surface area contributed by atoms with Crippen molar-refractivity contribution in [2.75, 3.05) is 5.32 Å². The molecule has 2 aromatic rings. The zero-order valence-corrected chi connectivity index (χ0v) is 9.71. The van der Waals surface area contributed by atoms with Crippen molar-refractivity contribution in [2.24, 2.45) is 0 Å². The van der Waals surface area contributed by atoms with E-state index in [4.69, 9.17) is 11.6 Å². The van der Waals surface area contributed by atoms with Crippen LogP contribution in [0.15, 0.2) is 42.5 Å². The third-order valence-corrected chi connectivity index (χ3v) is 2.56. The summed E-state index contributed by atoms with van der Waals surface area (Å²) >= 11 is 5.65. The van der Waals surface area contributed by atoms with Crippen molar-refractivity contribution in [3.8, 4) is 5.75 Å². The first-order chi connectivity index (χ1) is 8.15. The Morgan fingerprint density at radius 2 is 2.00 bits per heavy atom. The summed E-state index contributed by atoms with van der Waals surface area (Å²) in [6, 6.07) is 11.3. The molecule has 2 N–H and O–H groups in total. The second kappa shape index (κ2) is 5.06. The van der Waals surface area contributed by atoms with Gasteiger partial charge in [-0.3, -0.25) is 0 Å². The maximum absolute atomic E-state index is 13.4. The lowest BCUT2D eigenvalue weighted by Gasteiger charge is -2.08. The fourth-order valence-electron chi connectivity index (χ4n) is 1.50. The van der Waals surface area contributed by atoms with E-state index in [1.165, 1.54) is 6.07 Å². The van der Waals surface area contributed by atoms with Crippen LogP contribution in [0.4, 0.5) is 10.1 Å². The molecule has 2 nitrogen and oxygen atoms in total. The van der Waals surface area contributed by atoms with E-state index in [-0.39, 0.29) is 5.75 Å². The van der Waals surface area contributed by atoms with E-state index >= 15 is 0 Å². The monoisotopic (exact) mass is 251 g/mol. The molecule has 2 rings (SSSR count).